The summed E-state index contributed by atoms with van der Waals surface area (Å²) in [5, 5.41) is 3.36. The molecule has 0 bridgehead atoms. The zero-order valence-corrected chi connectivity index (χ0v) is 16.2. The number of ether oxygens (including phenoxy) is 1. The van der Waals surface area contributed by atoms with Gasteiger partial charge in [-0.25, -0.2) is 0 Å². The Morgan fingerprint density at radius 3 is 2.87 bits per heavy atom. The third-order valence-corrected chi connectivity index (χ3v) is 3.76. The maximum atomic E-state index is 11.1. The minimum Gasteiger partial charge on any atom is -0.469 e. The molecule has 0 radical (unpaired) electrons. The van der Waals surface area contributed by atoms with Crippen LogP contribution >= 0.6 is 24.0 Å². The van der Waals surface area contributed by atoms with E-state index in [-0.39, 0.29) is 29.9 Å². The van der Waals surface area contributed by atoms with Crippen molar-refractivity contribution >= 4 is 41.6 Å². The summed E-state index contributed by atoms with van der Waals surface area (Å²) in [5.74, 6) is 0.787. The standard InChI is InChI=1S/C17H25N3O2.HI/c1-3-18-17(19-12-7-6-10-16(21)22-2)20-13-11-14-8-4-5-9-15(14)20;/h4-5,8-9H,3,6-7,10-13H2,1-2H3,(H,18,19);1H. The fraction of sp³-hybridized carbons (Fsp3) is 0.529. The zero-order valence-electron chi connectivity index (χ0n) is 13.9. The monoisotopic (exact) mass is 431 g/mol. The Hall–Kier alpha value is -1.31. The van der Waals surface area contributed by atoms with Gasteiger partial charge in [-0.05, 0) is 37.8 Å². The highest BCUT2D eigenvalue weighted by atomic mass is 127. The maximum Gasteiger partial charge on any atom is 0.305 e. The normalized spacial score (nSPS) is 13.3. The van der Waals surface area contributed by atoms with Crippen molar-refractivity contribution < 1.29 is 9.53 Å². The number of rotatable bonds is 6. The van der Waals surface area contributed by atoms with Gasteiger partial charge in [0.15, 0.2) is 5.96 Å². The summed E-state index contributed by atoms with van der Waals surface area (Å²) in [4.78, 5) is 18.0. The molecule has 2 rings (SSSR count). The van der Waals surface area contributed by atoms with E-state index in [9.17, 15) is 4.79 Å². The molecule has 0 amide bonds. The van der Waals surface area contributed by atoms with Crippen molar-refractivity contribution in [2.24, 2.45) is 4.99 Å². The molecule has 0 saturated carbocycles. The number of esters is 1. The number of aliphatic imine (C=N–C) groups is 1. The first kappa shape index (κ1) is 19.7. The van der Waals surface area contributed by atoms with Gasteiger partial charge < -0.3 is 15.0 Å². The molecule has 1 aromatic rings. The third-order valence-electron chi connectivity index (χ3n) is 3.76. The second kappa shape index (κ2) is 10.5. The SMILES string of the molecule is CCNC(=NCCCCC(=O)OC)N1CCc2ccccc21.I. The molecule has 1 aliphatic rings. The van der Waals surface area contributed by atoms with Gasteiger partial charge >= 0.3 is 5.97 Å². The van der Waals surface area contributed by atoms with Crippen LogP contribution < -0.4 is 10.2 Å². The van der Waals surface area contributed by atoms with Gasteiger partial charge in [-0.2, -0.15) is 0 Å². The Morgan fingerprint density at radius 2 is 2.13 bits per heavy atom. The molecule has 0 aliphatic carbocycles. The van der Waals surface area contributed by atoms with Crippen LogP contribution in [-0.2, 0) is 16.0 Å². The predicted molar refractivity (Wildman–Crippen MR) is 105 cm³/mol. The van der Waals surface area contributed by atoms with Gasteiger partial charge in [0.2, 0.25) is 0 Å². The first-order valence-electron chi connectivity index (χ1n) is 7.96. The summed E-state index contributed by atoms with van der Waals surface area (Å²) in [6.07, 6.45) is 3.23. The molecule has 0 atom stereocenters. The summed E-state index contributed by atoms with van der Waals surface area (Å²) in [6.45, 7) is 4.61. The van der Waals surface area contributed by atoms with Crippen LogP contribution in [-0.4, -0.2) is 38.7 Å². The van der Waals surface area contributed by atoms with Crippen LogP contribution in [0.5, 0.6) is 0 Å². The van der Waals surface area contributed by atoms with Crippen LogP contribution in [0.4, 0.5) is 5.69 Å². The number of carbonyl (C=O) groups is 1. The molecular weight excluding hydrogens is 405 g/mol. The highest BCUT2D eigenvalue weighted by molar-refractivity contribution is 14.0. The van der Waals surface area contributed by atoms with E-state index < -0.39 is 0 Å². The number of halogens is 1. The Balaban J connectivity index is 0.00000264. The molecule has 1 heterocycles. The quantitative estimate of drug-likeness (QED) is 0.248. The lowest BCUT2D eigenvalue weighted by Crippen LogP contribution is -2.40. The summed E-state index contributed by atoms with van der Waals surface area (Å²) < 4.78 is 4.64. The van der Waals surface area contributed by atoms with Gasteiger partial charge in [0.25, 0.3) is 0 Å². The topological polar surface area (TPSA) is 53.9 Å². The van der Waals surface area contributed by atoms with E-state index >= 15 is 0 Å². The number of benzene rings is 1. The van der Waals surface area contributed by atoms with Crippen molar-refractivity contribution in [1.82, 2.24) is 5.32 Å². The number of hydrogen-bond donors (Lipinski definition) is 1. The van der Waals surface area contributed by atoms with Crippen molar-refractivity contribution in [2.45, 2.75) is 32.6 Å². The smallest absolute Gasteiger partial charge is 0.305 e. The number of fused-ring (bicyclic) bond motifs is 1. The number of carbonyl (C=O) groups excluding carboxylic acids is 1. The second-order valence-electron chi connectivity index (χ2n) is 5.30. The maximum absolute atomic E-state index is 11.1. The van der Waals surface area contributed by atoms with Crippen molar-refractivity contribution in [3.63, 3.8) is 0 Å². The van der Waals surface area contributed by atoms with Crippen molar-refractivity contribution in [3.05, 3.63) is 29.8 Å². The molecule has 0 saturated heterocycles. The van der Waals surface area contributed by atoms with E-state index in [2.05, 4.69) is 46.1 Å². The molecule has 0 spiro atoms. The Kier molecular flexibility index (Phi) is 8.98. The van der Waals surface area contributed by atoms with Gasteiger partial charge in [0.05, 0.1) is 7.11 Å². The van der Waals surface area contributed by atoms with Gasteiger partial charge in [0.1, 0.15) is 0 Å². The predicted octanol–water partition coefficient (Wildman–Crippen LogP) is 2.98. The van der Waals surface area contributed by atoms with Gasteiger partial charge in [-0.3, -0.25) is 9.79 Å². The van der Waals surface area contributed by atoms with Crippen LogP contribution in [0.15, 0.2) is 29.3 Å². The zero-order chi connectivity index (χ0) is 15.8. The molecule has 128 valence electrons. The number of hydrogen-bond acceptors (Lipinski definition) is 3. The van der Waals surface area contributed by atoms with E-state index in [1.165, 1.54) is 18.4 Å². The molecule has 23 heavy (non-hydrogen) atoms. The third kappa shape index (κ3) is 5.67. The minimum absolute atomic E-state index is 0. The molecule has 5 nitrogen and oxygen atoms in total. The second-order valence-corrected chi connectivity index (χ2v) is 5.30. The number of nitrogens with zero attached hydrogens (tertiary/aromatic N) is 2. The van der Waals surface area contributed by atoms with Crippen LogP contribution in [0.3, 0.4) is 0 Å². The molecular formula is C17H26IN3O2. The number of unbranched alkanes of at least 4 members (excludes halogenated alkanes) is 1. The number of guanidine groups is 1. The average molecular weight is 431 g/mol. The lowest BCUT2D eigenvalue weighted by Gasteiger charge is -2.22. The Bertz CT molecular complexity index is 534. The largest absolute Gasteiger partial charge is 0.469 e. The fourth-order valence-corrected chi connectivity index (χ4v) is 2.62. The van der Waals surface area contributed by atoms with Crippen molar-refractivity contribution in [3.8, 4) is 0 Å². The van der Waals surface area contributed by atoms with Crippen LogP contribution in [0, 0.1) is 0 Å². The van der Waals surface area contributed by atoms with Crippen LogP contribution in [0.25, 0.3) is 0 Å². The van der Waals surface area contributed by atoms with Crippen LogP contribution in [0.1, 0.15) is 31.7 Å². The van der Waals surface area contributed by atoms with E-state index in [4.69, 9.17) is 4.99 Å². The molecule has 0 aromatic heterocycles. The van der Waals surface area contributed by atoms with E-state index in [0.717, 1.165) is 44.9 Å². The number of nitrogens with one attached hydrogen (secondary N) is 1. The van der Waals surface area contributed by atoms with Gasteiger partial charge in [-0.15, -0.1) is 24.0 Å². The molecule has 1 aromatic carbocycles. The number of para-hydroxylation sites is 1. The first-order valence-corrected chi connectivity index (χ1v) is 7.96. The molecule has 1 aliphatic heterocycles. The van der Waals surface area contributed by atoms with Gasteiger partial charge in [-0.1, -0.05) is 18.2 Å². The molecule has 1 N–H and O–H groups in total. The van der Waals surface area contributed by atoms with Gasteiger partial charge in [0, 0.05) is 31.7 Å². The summed E-state index contributed by atoms with van der Waals surface area (Å²) >= 11 is 0. The first-order chi connectivity index (χ1) is 10.8. The summed E-state index contributed by atoms with van der Waals surface area (Å²) in [5.41, 5.74) is 2.62. The van der Waals surface area contributed by atoms with Crippen LogP contribution in [0.2, 0.25) is 0 Å². The number of anilines is 1. The lowest BCUT2D eigenvalue weighted by molar-refractivity contribution is -0.140. The Labute approximate surface area is 155 Å². The summed E-state index contributed by atoms with van der Waals surface area (Å²) in [7, 11) is 1.43. The van der Waals surface area contributed by atoms with Crippen molar-refractivity contribution in [1.29, 1.82) is 0 Å². The molecule has 0 fully saturated rings. The van der Waals surface area contributed by atoms with E-state index in [1.807, 2.05) is 0 Å². The van der Waals surface area contributed by atoms with Crippen molar-refractivity contribution in [2.75, 3.05) is 31.6 Å². The summed E-state index contributed by atoms with van der Waals surface area (Å²) in [6, 6.07) is 8.47. The highest BCUT2D eigenvalue weighted by Gasteiger charge is 2.22. The highest BCUT2D eigenvalue weighted by Crippen LogP contribution is 2.27. The lowest BCUT2D eigenvalue weighted by atomic mass is 10.2. The van der Waals surface area contributed by atoms with E-state index in [1.54, 1.807) is 0 Å². The molecule has 0 unspecified atom stereocenters. The fourth-order valence-electron chi connectivity index (χ4n) is 2.62. The number of methoxy groups -OCH3 is 1. The Morgan fingerprint density at radius 1 is 1.35 bits per heavy atom. The van der Waals surface area contributed by atoms with E-state index in [0.29, 0.717) is 6.42 Å². The average Bonchev–Trinajstić information content (AvgIpc) is 2.97. The minimum atomic E-state index is -0.149. The molecule has 6 heteroatoms.